The molecule has 7 rings (SSSR count). The Morgan fingerprint density at radius 3 is 2.12 bits per heavy atom. The largest absolute Gasteiger partial charge is 0.490 e. The fourth-order valence-corrected chi connectivity index (χ4v) is 8.15. The molecule has 216 valence electrons. The van der Waals surface area contributed by atoms with Gasteiger partial charge in [0.1, 0.15) is 18.5 Å². The second-order valence-electron chi connectivity index (χ2n) is 12.6. The summed E-state index contributed by atoms with van der Waals surface area (Å²) in [5, 5.41) is 14.3. The van der Waals surface area contributed by atoms with Crippen molar-refractivity contribution in [3.63, 3.8) is 0 Å². The van der Waals surface area contributed by atoms with Crippen molar-refractivity contribution in [2.45, 2.75) is 63.6 Å². The minimum atomic E-state index is -0.621. The molecule has 0 aromatic heterocycles. The summed E-state index contributed by atoms with van der Waals surface area (Å²) in [6, 6.07) is 28.5. The molecule has 4 bridgehead atoms. The van der Waals surface area contributed by atoms with Crippen molar-refractivity contribution in [2.75, 3.05) is 19.7 Å². The van der Waals surface area contributed by atoms with Crippen LogP contribution in [0, 0.1) is 23.7 Å². The first-order valence-corrected chi connectivity index (χ1v) is 15.6. The van der Waals surface area contributed by atoms with Gasteiger partial charge in [-0.05, 0) is 98.4 Å². The van der Waals surface area contributed by atoms with E-state index in [0.29, 0.717) is 30.4 Å². The van der Waals surface area contributed by atoms with E-state index in [4.69, 9.17) is 4.74 Å². The maximum atomic E-state index is 13.0. The molecule has 5 heteroatoms. The number of nitrogens with one attached hydrogen (secondary N) is 1. The van der Waals surface area contributed by atoms with E-state index in [9.17, 15) is 9.90 Å². The Kier molecular flexibility index (Phi) is 9.03. The van der Waals surface area contributed by atoms with Crippen molar-refractivity contribution in [3.05, 3.63) is 102 Å². The van der Waals surface area contributed by atoms with Gasteiger partial charge in [0.05, 0.1) is 5.56 Å². The van der Waals surface area contributed by atoms with Crippen molar-refractivity contribution >= 4 is 5.91 Å². The van der Waals surface area contributed by atoms with E-state index in [-0.39, 0.29) is 12.5 Å². The topological polar surface area (TPSA) is 61.8 Å². The van der Waals surface area contributed by atoms with Crippen molar-refractivity contribution in [1.82, 2.24) is 10.2 Å². The van der Waals surface area contributed by atoms with Gasteiger partial charge in [0.25, 0.3) is 5.91 Å². The van der Waals surface area contributed by atoms with E-state index in [1.807, 2.05) is 48.5 Å². The van der Waals surface area contributed by atoms with E-state index in [2.05, 4.69) is 40.5 Å². The van der Waals surface area contributed by atoms with Gasteiger partial charge in [0, 0.05) is 19.1 Å². The number of aliphatic hydroxyl groups is 1. The maximum absolute atomic E-state index is 13.0. The lowest BCUT2D eigenvalue weighted by atomic mass is 9.54. The zero-order valence-electron chi connectivity index (χ0n) is 24.0. The van der Waals surface area contributed by atoms with Gasteiger partial charge >= 0.3 is 0 Å². The average Bonchev–Trinajstić information content (AvgIpc) is 2.99. The van der Waals surface area contributed by atoms with E-state index < -0.39 is 6.10 Å². The molecule has 0 saturated heterocycles. The van der Waals surface area contributed by atoms with Crippen LogP contribution in [0.15, 0.2) is 84.9 Å². The number of hydrogen-bond donors (Lipinski definition) is 2. The normalized spacial score (nSPS) is 25.3. The zero-order chi connectivity index (χ0) is 28.0. The number of carbonyl (C=O) groups excluding carboxylic acids is 1. The van der Waals surface area contributed by atoms with Crippen LogP contribution < -0.4 is 10.1 Å². The molecule has 41 heavy (non-hydrogen) atoms. The number of hydrogen-bond acceptors (Lipinski definition) is 4. The molecule has 4 aliphatic rings. The molecular weight excluding hydrogens is 508 g/mol. The van der Waals surface area contributed by atoms with Crippen molar-refractivity contribution < 1.29 is 14.6 Å². The molecule has 1 amide bonds. The summed E-state index contributed by atoms with van der Waals surface area (Å²) < 4.78 is 6.11. The first-order chi connectivity index (χ1) is 20.1. The molecule has 1 unspecified atom stereocenters. The van der Waals surface area contributed by atoms with Crippen LogP contribution >= 0.6 is 0 Å². The van der Waals surface area contributed by atoms with Gasteiger partial charge in [-0.2, -0.15) is 0 Å². The molecule has 3 aromatic carbocycles. The van der Waals surface area contributed by atoms with E-state index in [1.54, 1.807) is 6.07 Å². The second-order valence-corrected chi connectivity index (χ2v) is 12.6. The Morgan fingerprint density at radius 1 is 0.829 bits per heavy atom. The number of benzene rings is 3. The van der Waals surface area contributed by atoms with E-state index in [0.717, 1.165) is 48.6 Å². The first-order valence-electron chi connectivity index (χ1n) is 15.6. The summed E-state index contributed by atoms with van der Waals surface area (Å²) in [6.45, 7) is 2.24. The molecule has 2 N–H and O–H groups in total. The lowest BCUT2D eigenvalue weighted by Crippen LogP contribution is -2.57. The van der Waals surface area contributed by atoms with Gasteiger partial charge in [-0.15, -0.1) is 0 Å². The molecule has 1 atom stereocenters. The number of aryl methyl sites for hydroxylation is 1. The predicted octanol–water partition coefficient (Wildman–Crippen LogP) is 6.12. The first kappa shape index (κ1) is 28.0. The molecule has 4 saturated carbocycles. The minimum absolute atomic E-state index is 0.171. The zero-order valence-corrected chi connectivity index (χ0v) is 24.0. The lowest BCUT2D eigenvalue weighted by molar-refractivity contribution is -0.0775. The summed E-state index contributed by atoms with van der Waals surface area (Å²) in [7, 11) is 0. The third kappa shape index (κ3) is 7.02. The van der Waals surface area contributed by atoms with Crippen LogP contribution in [0.2, 0.25) is 0 Å². The summed E-state index contributed by atoms with van der Waals surface area (Å²) >= 11 is 0. The molecule has 0 heterocycles. The highest BCUT2D eigenvalue weighted by atomic mass is 16.5. The number of rotatable bonds is 13. The molecule has 0 aliphatic heterocycles. The molecular formula is C36H44N2O3. The van der Waals surface area contributed by atoms with Gasteiger partial charge in [0.15, 0.2) is 0 Å². The molecule has 4 aliphatic carbocycles. The van der Waals surface area contributed by atoms with Crippen molar-refractivity contribution in [2.24, 2.45) is 23.7 Å². The van der Waals surface area contributed by atoms with Crippen LogP contribution in [0.1, 0.15) is 60.0 Å². The van der Waals surface area contributed by atoms with Gasteiger partial charge in [-0.25, -0.2) is 0 Å². The van der Waals surface area contributed by atoms with Gasteiger partial charge in [0.2, 0.25) is 0 Å². The number of para-hydroxylation sites is 1. The standard InChI is InChI=1S/C36H44N2O3/c39-32(25-41-34-16-8-7-15-33(34)36(40)37-23-27-12-5-2-6-13-27)24-38(17-9-14-26-10-3-1-4-11-26)35-30-19-28-18-29(21-30)22-31(35)20-28/h1-8,10-13,15-16,28-32,35,39H,9,14,17-25H2,(H,37,40). The fourth-order valence-electron chi connectivity index (χ4n) is 8.15. The average molecular weight is 553 g/mol. The van der Waals surface area contributed by atoms with Crippen LogP contribution in [0.5, 0.6) is 5.75 Å². The summed E-state index contributed by atoms with van der Waals surface area (Å²) in [4.78, 5) is 15.6. The molecule has 5 nitrogen and oxygen atoms in total. The minimum Gasteiger partial charge on any atom is -0.490 e. The lowest BCUT2D eigenvalue weighted by Gasteiger charge is -2.57. The smallest absolute Gasteiger partial charge is 0.255 e. The summed E-state index contributed by atoms with van der Waals surface area (Å²) in [5.74, 6) is 3.74. The number of aliphatic hydroxyl groups excluding tert-OH is 1. The molecule has 0 spiro atoms. The number of amides is 1. The number of carbonyl (C=O) groups is 1. The van der Waals surface area contributed by atoms with E-state index >= 15 is 0 Å². The second kappa shape index (κ2) is 13.2. The Balaban J connectivity index is 1.08. The van der Waals surface area contributed by atoms with Crippen LogP contribution in [0.25, 0.3) is 0 Å². The maximum Gasteiger partial charge on any atom is 0.255 e. The van der Waals surface area contributed by atoms with Crippen LogP contribution in [0.3, 0.4) is 0 Å². The molecule has 4 fully saturated rings. The Morgan fingerprint density at radius 2 is 1.44 bits per heavy atom. The quantitative estimate of drug-likeness (QED) is 0.268. The van der Waals surface area contributed by atoms with Gasteiger partial charge < -0.3 is 15.2 Å². The highest BCUT2D eigenvalue weighted by Gasteiger charge is 2.50. The van der Waals surface area contributed by atoms with Crippen molar-refractivity contribution in [3.8, 4) is 5.75 Å². The Labute approximate surface area is 244 Å². The Hall–Kier alpha value is -3.15. The molecule has 3 aromatic rings. The SMILES string of the molecule is O=C(NCc1ccccc1)c1ccccc1OCC(O)CN(CCCc1ccccc1)C1C2CC3CC(C2)CC1C3. The Bertz CT molecular complexity index is 1240. The molecule has 0 radical (unpaired) electrons. The fraction of sp³-hybridized carbons (Fsp3) is 0.472. The predicted molar refractivity (Wildman–Crippen MR) is 163 cm³/mol. The third-order valence-corrected chi connectivity index (χ3v) is 9.66. The third-order valence-electron chi connectivity index (χ3n) is 9.66. The van der Waals surface area contributed by atoms with Crippen LogP contribution in [-0.2, 0) is 13.0 Å². The highest BCUT2D eigenvalue weighted by Crippen LogP contribution is 2.55. The highest BCUT2D eigenvalue weighted by molar-refractivity contribution is 5.96. The summed E-state index contributed by atoms with van der Waals surface area (Å²) in [6.07, 6.45) is 8.44. The number of ether oxygens (including phenoxy) is 1. The van der Waals surface area contributed by atoms with E-state index in [1.165, 1.54) is 37.7 Å². The number of nitrogens with zero attached hydrogens (tertiary/aromatic N) is 1. The van der Waals surface area contributed by atoms with Crippen LogP contribution in [0.4, 0.5) is 0 Å². The van der Waals surface area contributed by atoms with Gasteiger partial charge in [-0.3, -0.25) is 9.69 Å². The summed E-state index contributed by atoms with van der Waals surface area (Å²) in [5.41, 5.74) is 2.92. The monoisotopic (exact) mass is 552 g/mol. The van der Waals surface area contributed by atoms with Crippen molar-refractivity contribution in [1.29, 1.82) is 0 Å². The van der Waals surface area contributed by atoms with Crippen LogP contribution in [-0.4, -0.2) is 47.8 Å². The van der Waals surface area contributed by atoms with Gasteiger partial charge in [-0.1, -0.05) is 72.8 Å².